The van der Waals surface area contributed by atoms with E-state index in [1.807, 2.05) is 6.92 Å². The molecule has 1 saturated heterocycles. The lowest BCUT2D eigenvalue weighted by molar-refractivity contribution is -0.137. The summed E-state index contributed by atoms with van der Waals surface area (Å²) in [6, 6.07) is -0.0265. The maximum absolute atomic E-state index is 11.8. The van der Waals surface area contributed by atoms with Crippen LogP contribution in [0.5, 0.6) is 0 Å². The Hall–Kier alpha value is -1.30. The number of amides is 2. The largest absolute Gasteiger partial charge is 0.481 e. The highest BCUT2D eigenvalue weighted by atomic mass is 16.4. The number of carbonyl (C=O) groups excluding carboxylic acids is 1. The summed E-state index contributed by atoms with van der Waals surface area (Å²) in [5.41, 5.74) is 5.59. The molecule has 19 heavy (non-hydrogen) atoms. The predicted molar refractivity (Wildman–Crippen MR) is 72.8 cm³/mol. The van der Waals surface area contributed by atoms with Gasteiger partial charge in [-0.1, -0.05) is 6.92 Å². The zero-order chi connectivity index (χ0) is 14.3. The molecular weight excluding hydrogens is 246 g/mol. The fourth-order valence-electron chi connectivity index (χ4n) is 2.26. The summed E-state index contributed by atoms with van der Waals surface area (Å²) >= 11 is 0. The van der Waals surface area contributed by atoms with Gasteiger partial charge in [0.2, 0.25) is 0 Å². The second kappa shape index (κ2) is 7.99. The Labute approximate surface area is 114 Å². The molecular formula is C13H25N3O3. The van der Waals surface area contributed by atoms with Crippen molar-refractivity contribution in [2.45, 2.75) is 32.6 Å². The van der Waals surface area contributed by atoms with Crippen molar-refractivity contribution in [3.05, 3.63) is 0 Å². The normalized spacial score (nSPS) is 20.3. The number of urea groups is 1. The van der Waals surface area contributed by atoms with Crippen LogP contribution in [0.4, 0.5) is 4.79 Å². The Bertz CT molecular complexity index is 310. The molecule has 0 aliphatic carbocycles. The van der Waals surface area contributed by atoms with Crippen LogP contribution in [0.25, 0.3) is 0 Å². The minimum absolute atomic E-state index is 0.0265. The summed E-state index contributed by atoms with van der Waals surface area (Å²) in [5, 5.41) is 11.5. The van der Waals surface area contributed by atoms with Gasteiger partial charge in [-0.05, 0) is 37.6 Å². The van der Waals surface area contributed by atoms with Crippen molar-refractivity contribution in [1.29, 1.82) is 0 Å². The first-order chi connectivity index (χ1) is 9.02. The Morgan fingerprint density at radius 1 is 1.47 bits per heavy atom. The monoisotopic (exact) mass is 271 g/mol. The smallest absolute Gasteiger partial charge is 0.317 e. The van der Waals surface area contributed by atoms with E-state index < -0.39 is 5.97 Å². The average Bonchev–Trinajstić information content (AvgIpc) is 2.85. The second-order valence-corrected chi connectivity index (χ2v) is 5.39. The van der Waals surface area contributed by atoms with Gasteiger partial charge < -0.3 is 21.1 Å². The maximum Gasteiger partial charge on any atom is 0.317 e. The summed E-state index contributed by atoms with van der Waals surface area (Å²) < 4.78 is 0. The van der Waals surface area contributed by atoms with E-state index in [0.717, 1.165) is 25.9 Å². The van der Waals surface area contributed by atoms with Gasteiger partial charge in [-0.3, -0.25) is 4.79 Å². The van der Waals surface area contributed by atoms with E-state index >= 15 is 0 Å². The minimum atomic E-state index is -0.763. The van der Waals surface area contributed by atoms with Crippen molar-refractivity contribution < 1.29 is 14.7 Å². The molecule has 0 aromatic heterocycles. The number of rotatable bonds is 7. The molecule has 1 aliphatic heterocycles. The van der Waals surface area contributed by atoms with Crippen molar-refractivity contribution >= 4 is 12.0 Å². The van der Waals surface area contributed by atoms with Crippen molar-refractivity contribution in [3.63, 3.8) is 0 Å². The van der Waals surface area contributed by atoms with Crippen LogP contribution in [0, 0.1) is 11.8 Å². The fourth-order valence-corrected chi connectivity index (χ4v) is 2.26. The topological polar surface area (TPSA) is 95.7 Å². The highest BCUT2D eigenvalue weighted by Gasteiger charge is 2.24. The van der Waals surface area contributed by atoms with Gasteiger partial charge in [0.15, 0.2) is 0 Å². The van der Waals surface area contributed by atoms with Gasteiger partial charge in [0, 0.05) is 26.1 Å². The van der Waals surface area contributed by atoms with E-state index in [0.29, 0.717) is 31.3 Å². The first-order valence-corrected chi connectivity index (χ1v) is 6.97. The third-order valence-electron chi connectivity index (χ3n) is 3.67. The van der Waals surface area contributed by atoms with Crippen LogP contribution in [0.3, 0.4) is 0 Å². The van der Waals surface area contributed by atoms with Crippen LogP contribution in [0.1, 0.15) is 32.6 Å². The molecule has 2 amide bonds. The summed E-state index contributed by atoms with van der Waals surface area (Å²) in [6.07, 6.45) is 2.65. The molecule has 4 N–H and O–H groups in total. The quantitative estimate of drug-likeness (QED) is 0.640. The van der Waals surface area contributed by atoms with Crippen LogP contribution < -0.4 is 11.1 Å². The lowest BCUT2D eigenvalue weighted by Crippen LogP contribution is -2.39. The molecule has 1 heterocycles. The second-order valence-electron chi connectivity index (χ2n) is 5.39. The van der Waals surface area contributed by atoms with Crippen molar-refractivity contribution in [2.75, 3.05) is 26.2 Å². The highest BCUT2D eigenvalue weighted by molar-refractivity contribution is 5.74. The van der Waals surface area contributed by atoms with E-state index in [4.69, 9.17) is 10.8 Å². The van der Waals surface area contributed by atoms with Crippen molar-refractivity contribution in [1.82, 2.24) is 10.2 Å². The molecule has 6 nitrogen and oxygen atoms in total. The summed E-state index contributed by atoms with van der Waals surface area (Å²) in [6.45, 7) is 4.77. The lowest BCUT2D eigenvalue weighted by atomic mass is 10.0. The van der Waals surface area contributed by atoms with Crippen LogP contribution in [0.2, 0.25) is 0 Å². The molecule has 2 unspecified atom stereocenters. The number of aliphatic carboxylic acids is 1. The first-order valence-electron chi connectivity index (χ1n) is 6.97. The predicted octanol–water partition coefficient (Wildman–Crippen LogP) is 0.868. The molecule has 1 rings (SSSR count). The molecule has 0 bridgehead atoms. The van der Waals surface area contributed by atoms with Gasteiger partial charge in [0.25, 0.3) is 0 Å². The Kier molecular flexibility index (Phi) is 6.62. The van der Waals surface area contributed by atoms with Crippen molar-refractivity contribution in [2.24, 2.45) is 17.6 Å². The number of carboxylic acid groups (broad SMARTS) is 1. The number of likely N-dealkylation sites (tertiary alicyclic amines) is 1. The number of carbonyl (C=O) groups is 2. The Morgan fingerprint density at radius 3 is 2.79 bits per heavy atom. The standard InChI is InChI=1S/C13H25N3O3/c1-10(2-3-12(17)18)4-6-15-13(19)16-7-5-11(8-14)9-16/h10-11H,2-9,14H2,1H3,(H,15,19)(H,17,18). The summed E-state index contributed by atoms with van der Waals surface area (Å²) in [5.74, 6) is -0.0206. The SMILES string of the molecule is CC(CCNC(=O)N1CCC(CN)C1)CCC(=O)O. The Morgan fingerprint density at radius 2 is 2.21 bits per heavy atom. The third kappa shape index (κ3) is 5.92. The third-order valence-corrected chi connectivity index (χ3v) is 3.67. The molecule has 6 heteroatoms. The van der Waals surface area contributed by atoms with E-state index in [1.54, 1.807) is 4.90 Å². The summed E-state index contributed by atoms with van der Waals surface area (Å²) in [7, 11) is 0. The Balaban J connectivity index is 2.12. The van der Waals surface area contributed by atoms with Crippen molar-refractivity contribution in [3.8, 4) is 0 Å². The number of hydrogen-bond acceptors (Lipinski definition) is 3. The zero-order valence-electron chi connectivity index (χ0n) is 11.6. The molecule has 1 fully saturated rings. The molecule has 1 aliphatic rings. The number of nitrogens with zero attached hydrogens (tertiary/aromatic N) is 1. The molecule has 110 valence electrons. The molecule has 0 saturated carbocycles. The van der Waals surface area contributed by atoms with E-state index in [9.17, 15) is 9.59 Å². The zero-order valence-corrected chi connectivity index (χ0v) is 11.6. The fraction of sp³-hybridized carbons (Fsp3) is 0.846. The van der Waals surface area contributed by atoms with Crippen LogP contribution in [-0.4, -0.2) is 48.2 Å². The summed E-state index contributed by atoms with van der Waals surface area (Å²) in [4.78, 5) is 24.1. The number of carboxylic acids is 1. The van der Waals surface area contributed by atoms with Crippen LogP contribution >= 0.6 is 0 Å². The van der Waals surface area contributed by atoms with Gasteiger partial charge in [-0.15, -0.1) is 0 Å². The molecule has 0 aromatic rings. The highest BCUT2D eigenvalue weighted by Crippen LogP contribution is 2.14. The number of nitrogens with one attached hydrogen (secondary N) is 1. The maximum atomic E-state index is 11.8. The van der Waals surface area contributed by atoms with Gasteiger partial charge in [0.05, 0.1) is 0 Å². The molecule has 0 aromatic carbocycles. The molecule has 2 atom stereocenters. The van der Waals surface area contributed by atoms with E-state index in [1.165, 1.54) is 0 Å². The molecule has 0 spiro atoms. The number of nitrogens with two attached hydrogens (primary N) is 1. The molecule has 0 radical (unpaired) electrons. The minimum Gasteiger partial charge on any atom is -0.481 e. The number of hydrogen-bond donors (Lipinski definition) is 3. The van der Waals surface area contributed by atoms with E-state index in [-0.39, 0.29) is 12.5 Å². The average molecular weight is 271 g/mol. The van der Waals surface area contributed by atoms with Gasteiger partial charge >= 0.3 is 12.0 Å². The lowest BCUT2D eigenvalue weighted by Gasteiger charge is -2.18. The van der Waals surface area contributed by atoms with Gasteiger partial charge in [0.1, 0.15) is 0 Å². The first kappa shape index (κ1) is 15.8. The van der Waals surface area contributed by atoms with Gasteiger partial charge in [-0.2, -0.15) is 0 Å². The van der Waals surface area contributed by atoms with Gasteiger partial charge in [-0.25, -0.2) is 4.79 Å². The van der Waals surface area contributed by atoms with Crippen LogP contribution in [0.15, 0.2) is 0 Å². The van der Waals surface area contributed by atoms with E-state index in [2.05, 4.69) is 5.32 Å². The van der Waals surface area contributed by atoms with Crippen LogP contribution in [-0.2, 0) is 4.79 Å².